The molecule has 0 saturated carbocycles. The first-order valence-corrected chi connectivity index (χ1v) is 5.95. The van der Waals surface area contributed by atoms with Gasteiger partial charge >= 0.3 is 0 Å². The van der Waals surface area contributed by atoms with E-state index in [-0.39, 0.29) is 0 Å². The molecular formula is C17H22O. The SMILES string of the molecule is C#C.C/C=C\C.CC1=CC(C)(O)c2ccccc21. The number of fused-ring (bicyclic) bond motifs is 1. The molecule has 1 aliphatic rings. The van der Waals surface area contributed by atoms with Crippen molar-refractivity contribution in [2.24, 2.45) is 0 Å². The van der Waals surface area contributed by atoms with Crippen LogP contribution in [0.4, 0.5) is 0 Å². The third kappa shape index (κ3) is 3.91. The Balaban J connectivity index is 0.000000415. The largest absolute Gasteiger partial charge is 0.381 e. The smallest absolute Gasteiger partial charge is 0.106 e. The highest BCUT2D eigenvalue weighted by molar-refractivity contribution is 5.74. The van der Waals surface area contributed by atoms with Gasteiger partial charge in [0.25, 0.3) is 0 Å². The van der Waals surface area contributed by atoms with E-state index < -0.39 is 5.60 Å². The molecule has 0 fully saturated rings. The molecule has 1 atom stereocenters. The van der Waals surface area contributed by atoms with E-state index in [1.165, 1.54) is 5.56 Å². The quantitative estimate of drug-likeness (QED) is 0.535. The van der Waals surface area contributed by atoms with Crippen LogP contribution in [0.25, 0.3) is 5.57 Å². The molecular weight excluding hydrogens is 220 g/mol. The fourth-order valence-electron chi connectivity index (χ4n) is 1.85. The maximum Gasteiger partial charge on any atom is 0.106 e. The molecule has 96 valence electrons. The van der Waals surface area contributed by atoms with E-state index in [0.29, 0.717) is 0 Å². The molecule has 0 radical (unpaired) electrons. The van der Waals surface area contributed by atoms with Crippen LogP contribution in [0.3, 0.4) is 0 Å². The normalized spacial score (nSPS) is 20.1. The molecule has 0 heterocycles. The van der Waals surface area contributed by atoms with Crippen molar-refractivity contribution in [2.45, 2.75) is 33.3 Å². The summed E-state index contributed by atoms with van der Waals surface area (Å²) in [7, 11) is 0. The molecule has 1 aromatic rings. The predicted molar refractivity (Wildman–Crippen MR) is 80.0 cm³/mol. The first-order valence-electron chi connectivity index (χ1n) is 5.95. The van der Waals surface area contributed by atoms with Gasteiger partial charge in [0.15, 0.2) is 0 Å². The minimum absolute atomic E-state index is 0.763. The number of allylic oxidation sites excluding steroid dienone is 3. The lowest BCUT2D eigenvalue weighted by molar-refractivity contribution is 0.114. The number of aliphatic hydroxyl groups is 1. The van der Waals surface area contributed by atoms with Crippen LogP contribution in [0.15, 0.2) is 42.5 Å². The monoisotopic (exact) mass is 242 g/mol. The molecule has 1 unspecified atom stereocenters. The molecule has 1 nitrogen and oxygen atoms in total. The Morgan fingerprint density at radius 1 is 1.11 bits per heavy atom. The zero-order chi connectivity index (χ0) is 14.2. The lowest BCUT2D eigenvalue weighted by atomic mass is 9.98. The van der Waals surface area contributed by atoms with E-state index in [2.05, 4.69) is 12.8 Å². The molecule has 1 aliphatic carbocycles. The minimum atomic E-state index is -0.763. The van der Waals surface area contributed by atoms with E-state index >= 15 is 0 Å². The second kappa shape index (κ2) is 7.53. The Bertz CT molecular complexity index is 444. The lowest BCUT2D eigenvalue weighted by Crippen LogP contribution is -2.14. The molecule has 0 spiro atoms. The van der Waals surface area contributed by atoms with E-state index in [0.717, 1.165) is 11.1 Å². The van der Waals surface area contributed by atoms with Crippen LogP contribution in [-0.4, -0.2) is 5.11 Å². The van der Waals surface area contributed by atoms with Crippen molar-refractivity contribution in [1.29, 1.82) is 0 Å². The zero-order valence-corrected chi connectivity index (χ0v) is 11.6. The molecule has 1 aromatic carbocycles. The maximum absolute atomic E-state index is 9.94. The Morgan fingerprint density at radius 2 is 1.61 bits per heavy atom. The summed E-state index contributed by atoms with van der Waals surface area (Å²) in [6.45, 7) is 7.85. The van der Waals surface area contributed by atoms with Crippen LogP contribution in [0, 0.1) is 12.8 Å². The molecule has 18 heavy (non-hydrogen) atoms. The van der Waals surface area contributed by atoms with Gasteiger partial charge in [-0.1, -0.05) is 36.4 Å². The van der Waals surface area contributed by atoms with Crippen LogP contribution < -0.4 is 0 Å². The molecule has 2 rings (SSSR count). The van der Waals surface area contributed by atoms with Crippen molar-refractivity contribution >= 4 is 5.57 Å². The van der Waals surface area contributed by atoms with E-state index in [1.807, 2.05) is 70.2 Å². The van der Waals surface area contributed by atoms with E-state index in [4.69, 9.17) is 0 Å². The van der Waals surface area contributed by atoms with Crippen molar-refractivity contribution in [1.82, 2.24) is 0 Å². The standard InChI is InChI=1S/C11H12O.C4H8.C2H2/c1-8-7-11(2,12)10-6-4-3-5-9(8)10;1-3-4-2;1-2/h3-7,12H,1-2H3;3-4H,1-2H3;1-2H/b;4-3-;. The topological polar surface area (TPSA) is 20.2 Å². The average molecular weight is 242 g/mol. The lowest BCUT2D eigenvalue weighted by Gasteiger charge is -2.15. The number of terminal acetylenes is 1. The molecule has 0 saturated heterocycles. The van der Waals surface area contributed by atoms with Gasteiger partial charge in [0, 0.05) is 0 Å². The second-order valence-electron chi connectivity index (χ2n) is 4.19. The van der Waals surface area contributed by atoms with Crippen LogP contribution in [0.1, 0.15) is 38.8 Å². The first kappa shape index (κ1) is 16.2. The highest BCUT2D eigenvalue weighted by Crippen LogP contribution is 2.37. The van der Waals surface area contributed by atoms with Gasteiger partial charge in [-0.2, -0.15) is 0 Å². The number of hydrogen-bond donors (Lipinski definition) is 1. The van der Waals surface area contributed by atoms with Gasteiger partial charge in [-0.25, -0.2) is 0 Å². The predicted octanol–water partition coefficient (Wildman–Crippen LogP) is 4.14. The average Bonchev–Trinajstić information content (AvgIpc) is 2.63. The van der Waals surface area contributed by atoms with Crippen LogP contribution >= 0.6 is 0 Å². The molecule has 0 aromatic heterocycles. The summed E-state index contributed by atoms with van der Waals surface area (Å²) >= 11 is 0. The van der Waals surface area contributed by atoms with Crippen LogP contribution in [0.2, 0.25) is 0 Å². The summed E-state index contributed by atoms with van der Waals surface area (Å²) in [5.41, 5.74) is 2.58. The van der Waals surface area contributed by atoms with Crippen molar-refractivity contribution in [3.05, 3.63) is 53.6 Å². The third-order valence-electron chi connectivity index (χ3n) is 2.73. The van der Waals surface area contributed by atoms with Gasteiger partial charge < -0.3 is 5.11 Å². The van der Waals surface area contributed by atoms with Crippen molar-refractivity contribution < 1.29 is 5.11 Å². The summed E-state index contributed by atoms with van der Waals surface area (Å²) in [4.78, 5) is 0. The van der Waals surface area contributed by atoms with Crippen molar-refractivity contribution in [3.63, 3.8) is 0 Å². The summed E-state index contributed by atoms with van der Waals surface area (Å²) < 4.78 is 0. The molecule has 0 aliphatic heterocycles. The number of rotatable bonds is 0. The first-order chi connectivity index (χ1) is 8.53. The van der Waals surface area contributed by atoms with Gasteiger partial charge in [-0.15, -0.1) is 12.8 Å². The van der Waals surface area contributed by atoms with Gasteiger partial charge in [0.05, 0.1) is 0 Å². The van der Waals surface area contributed by atoms with Gasteiger partial charge in [0.2, 0.25) is 0 Å². The Morgan fingerprint density at radius 3 is 2.06 bits per heavy atom. The molecule has 0 bridgehead atoms. The van der Waals surface area contributed by atoms with Gasteiger partial charge in [-0.3, -0.25) is 0 Å². The molecule has 1 heteroatoms. The Kier molecular flexibility index (Phi) is 6.78. The highest BCUT2D eigenvalue weighted by atomic mass is 16.3. The zero-order valence-electron chi connectivity index (χ0n) is 11.6. The molecule has 1 N–H and O–H groups in total. The summed E-state index contributed by atoms with van der Waals surface area (Å²) in [5.74, 6) is 0. The Hall–Kier alpha value is -1.78. The second-order valence-corrected chi connectivity index (χ2v) is 4.19. The summed E-state index contributed by atoms with van der Waals surface area (Å²) in [6, 6.07) is 7.97. The summed E-state index contributed by atoms with van der Waals surface area (Å²) in [5, 5.41) is 9.94. The third-order valence-corrected chi connectivity index (χ3v) is 2.73. The minimum Gasteiger partial charge on any atom is -0.381 e. The Labute approximate surface area is 111 Å². The van der Waals surface area contributed by atoms with Crippen molar-refractivity contribution in [3.8, 4) is 12.8 Å². The van der Waals surface area contributed by atoms with Gasteiger partial charge in [0.1, 0.15) is 5.60 Å². The summed E-state index contributed by atoms with van der Waals surface area (Å²) in [6.07, 6.45) is 13.9. The van der Waals surface area contributed by atoms with Crippen LogP contribution in [-0.2, 0) is 5.60 Å². The fraction of sp³-hybridized carbons (Fsp3) is 0.294. The fourth-order valence-corrected chi connectivity index (χ4v) is 1.85. The van der Waals surface area contributed by atoms with E-state index in [9.17, 15) is 5.11 Å². The molecule has 0 amide bonds. The van der Waals surface area contributed by atoms with Crippen LogP contribution in [0.5, 0.6) is 0 Å². The highest BCUT2D eigenvalue weighted by Gasteiger charge is 2.29. The number of benzene rings is 1. The van der Waals surface area contributed by atoms with Crippen molar-refractivity contribution in [2.75, 3.05) is 0 Å². The number of hydrogen-bond acceptors (Lipinski definition) is 1. The van der Waals surface area contributed by atoms with E-state index in [1.54, 1.807) is 0 Å². The van der Waals surface area contributed by atoms with Gasteiger partial charge in [-0.05, 0) is 50.5 Å². The maximum atomic E-state index is 9.94.